The second-order valence-electron chi connectivity index (χ2n) is 6.06. The van der Waals surface area contributed by atoms with Gasteiger partial charge in [0.1, 0.15) is 12.3 Å². The first-order valence-corrected chi connectivity index (χ1v) is 8.07. The van der Waals surface area contributed by atoms with Crippen molar-refractivity contribution in [1.29, 1.82) is 0 Å². The van der Waals surface area contributed by atoms with E-state index in [9.17, 15) is 4.79 Å². The van der Waals surface area contributed by atoms with Crippen molar-refractivity contribution in [1.82, 2.24) is 25.7 Å². The molecule has 2 aromatic heterocycles. The molecule has 3 N–H and O–H groups in total. The number of aliphatic hydroxyl groups is 1. The van der Waals surface area contributed by atoms with Gasteiger partial charge in [0.25, 0.3) is 5.91 Å². The Morgan fingerprint density at radius 3 is 2.80 bits per heavy atom. The van der Waals surface area contributed by atoms with E-state index in [4.69, 9.17) is 9.52 Å². The van der Waals surface area contributed by atoms with Crippen molar-refractivity contribution in [2.45, 2.75) is 31.4 Å². The molecule has 8 nitrogen and oxygen atoms in total. The van der Waals surface area contributed by atoms with Gasteiger partial charge in [0, 0.05) is 17.5 Å². The topological polar surface area (TPSA) is 117 Å². The minimum absolute atomic E-state index is 0.0606. The van der Waals surface area contributed by atoms with Crippen LogP contribution in [0.2, 0.25) is 0 Å². The van der Waals surface area contributed by atoms with Gasteiger partial charge in [-0.3, -0.25) is 9.89 Å². The van der Waals surface area contributed by atoms with Crippen LogP contribution in [0.25, 0.3) is 11.3 Å². The van der Waals surface area contributed by atoms with Crippen LogP contribution in [0, 0.1) is 0 Å². The predicted octanol–water partition coefficient (Wildman–Crippen LogP) is 1.63. The Morgan fingerprint density at radius 2 is 2.08 bits per heavy atom. The van der Waals surface area contributed by atoms with Crippen LogP contribution in [0.5, 0.6) is 0 Å². The summed E-state index contributed by atoms with van der Waals surface area (Å²) in [5.41, 5.74) is 2.12. The number of benzene rings is 1. The summed E-state index contributed by atoms with van der Waals surface area (Å²) in [5, 5.41) is 26.5. The monoisotopic (exact) mass is 339 g/mol. The molecule has 2 heterocycles. The summed E-state index contributed by atoms with van der Waals surface area (Å²) in [5.74, 6) is 0.676. The molecule has 3 aromatic rings. The third kappa shape index (κ3) is 3.16. The third-order valence-electron chi connectivity index (χ3n) is 4.33. The number of hydrogen-bond donors (Lipinski definition) is 3. The molecule has 1 aromatic carbocycles. The molecular formula is C17H17N5O3. The highest BCUT2D eigenvalue weighted by molar-refractivity contribution is 5.93. The zero-order valence-electron chi connectivity index (χ0n) is 13.3. The van der Waals surface area contributed by atoms with E-state index in [2.05, 4.69) is 25.7 Å². The average molecular weight is 339 g/mol. The second kappa shape index (κ2) is 6.48. The molecule has 0 saturated heterocycles. The maximum Gasteiger partial charge on any atom is 0.269 e. The van der Waals surface area contributed by atoms with Crippen LogP contribution in [0.4, 0.5) is 0 Å². The first-order chi connectivity index (χ1) is 12.2. The van der Waals surface area contributed by atoms with Gasteiger partial charge in [0.2, 0.25) is 11.8 Å². The van der Waals surface area contributed by atoms with Crippen LogP contribution in [0.3, 0.4) is 0 Å². The lowest BCUT2D eigenvalue weighted by Gasteiger charge is -2.33. The summed E-state index contributed by atoms with van der Waals surface area (Å²) >= 11 is 0. The molecule has 8 heteroatoms. The predicted molar refractivity (Wildman–Crippen MR) is 87.5 cm³/mol. The summed E-state index contributed by atoms with van der Waals surface area (Å²) < 4.78 is 5.33. The molecule has 0 spiro atoms. The van der Waals surface area contributed by atoms with Crippen molar-refractivity contribution in [2.24, 2.45) is 0 Å². The van der Waals surface area contributed by atoms with Crippen LogP contribution in [0.1, 0.15) is 41.0 Å². The molecule has 1 aliphatic rings. The van der Waals surface area contributed by atoms with E-state index in [1.54, 1.807) is 6.07 Å². The number of aromatic amines is 1. The minimum Gasteiger partial charge on any atom is -0.422 e. The first kappa shape index (κ1) is 15.5. The van der Waals surface area contributed by atoms with Crippen molar-refractivity contribution in [2.75, 3.05) is 0 Å². The molecule has 128 valence electrons. The summed E-state index contributed by atoms with van der Waals surface area (Å²) in [6.07, 6.45) is 1.47. The van der Waals surface area contributed by atoms with Crippen molar-refractivity contribution in [3.05, 3.63) is 53.9 Å². The van der Waals surface area contributed by atoms with E-state index in [-0.39, 0.29) is 30.4 Å². The molecule has 1 saturated carbocycles. The van der Waals surface area contributed by atoms with Crippen molar-refractivity contribution in [3.63, 3.8) is 0 Å². The third-order valence-corrected chi connectivity index (χ3v) is 4.33. The largest absolute Gasteiger partial charge is 0.422 e. The Kier molecular flexibility index (Phi) is 4.02. The number of rotatable bonds is 5. The maximum atomic E-state index is 12.3. The Bertz CT molecular complexity index is 867. The summed E-state index contributed by atoms with van der Waals surface area (Å²) in [6.45, 7) is -0.260. The van der Waals surface area contributed by atoms with E-state index < -0.39 is 0 Å². The fraction of sp³-hybridized carbons (Fsp3) is 0.294. The quantitative estimate of drug-likeness (QED) is 0.650. The molecule has 0 radical (unpaired) electrons. The lowest BCUT2D eigenvalue weighted by molar-refractivity contribution is 0.0897. The normalized spacial score (nSPS) is 19.4. The number of carbonyl (C=O) groups excluding carboxylic acids is 1. The fourth-order valence-electron chi connectivity index (χ4n) is 2.89. The van der Waals surface area contributed by atoms with Gasteiger partial charge in [-0.1, -0.05) is 30.3 Å². The number of nitrogens with zero attached hydrogens (tertiary/aromatic N) is 3. The minimum atomic E-state index is -0.260. The highest BCUT2D eigenvalue weighted by Gasteiger charge is 2.35. The van der Waals surface area contributed by atoms with Crippen LogP contribution in [0.15, 0.2) is 40.8 Å². The van der Waals surface area contributed by atoms with Crippen molar-refractivity contribution < 1.29 is 14.3 Å². The number of aromatic nitrogens is 4. The highest BCUT2D eigenvalue weighted by Crippen LogP contribution is 2.36. The summed E-state index contributed by atoms with van der Waals surface area (Å²) in [6, 6.07) is 11.5. The zero-order chi connectivity index (χ0) is 17.2. The van der Waals surface area contributed by atoms with Gasteiger partial charge >= 0.3 is 0 Å². The van der Waals surface area contributed by atoms with E-state index >= 15 is 0 Å². The second-order valence-corrected chi connectivity index (χ2v) is 6.06. The van der Waals surface area contributed by atoms with Gasteiger partial charge in [0.15, 0.2) is 0 Å². The molecule has 0 aliphatic heterocycles. The Morgan fingerprint density at radius 1 is 1.28 bits per heavy atom. The number of nitrogens with one attached hydrogen (secondary N) is 2. The smallest absolute Gasteiger partial charge is 0.269 e. The van der Waals surface area contributed by atoms with Gasteiger partial charge in [-0.15, -0.1) is 10.2 Å². The van der Waals surface area contributed by atoms with Crippen LogP contribution >= 0.6 is 0 Å². The number of carbonyl (C=O) groups is 1. The van der Waals surface area contributed by atoms with E-state index in [0.29, 0.717) is 11.6 Å². The standard InChI is InChI=1S/C17H17N5O3/c23-9-15-21-22-17(25-15)11-6-12(7-11)18-16(24)14-8-13(19-20-14)10-4-2-1-3-5-10/h1-5,8,11-12,23H,6-7,9H2,(H,18,24)(H,19,20)/t11-,12-. The molecule has 1 aliphatic carbocycles. The molecule has 25 heavy (non-hydrogen) atoms. The van der Waals surface area contributed by atoms with E-state index in [1.165, 1.54) is 0 Å². The molecule has 1 amide bonds. The average Bonchev–Trinajstić information content (AvgIpc) is 3.27. The zero-order valence-corrected chi connectivity index (χ0v) is 13.3. The van der Waals surface area contributed by atoms with Crippen molar-refractivity contribution >= 4 is 5.91 Å². The van der Waals surface area contributed by atoms with Gasteiger partial charge in [0.05, 0.1) is 5.69 Å². The summed E-state index contributed by atoms with van der Waals surface area (Å²) in [4.78, 5) is 12.3. The van der Waals surface area contributed by atoms with Crippen LogP contribution in [-0.4, -0.2) is 37.5 Å². The Balaban J connectivity index is 1.34. The lowest BCUT2D eigenvalue weighted by Crippen LogP contribution is -2.43. The number of hydrogen-bond acceptors (Lipinski definition) is 6. The van der Waals surface area contributed by atoms with Gasteiger partial charge in [-0.05, 0) is 18.9 Å². The SMILES string of the molecule is O=C(N[C@H]1C[C@H](c2nnc(CO)o2)C1)c1cc(-c2ccccc2)n[nH]1. The number of aliphatic hydroxyl groups excluding tert-OH is 1. The van der Waals surface area contributed by atoms with Gasteiger partial charge < -0.3 is 14.8 Å². The molecular weight excluding hydrogens is 322 g/mol. The molecule has 0 bridgehead atoms. The summed E-state index contributed by atoms with van der Waals surface area (Å²) in [7, 11) is 0. The molecule has 1 fully saturated rings. The van der Waals surface area contributed by atoms with E-state index in [0.717, 1.165) is 24.1 Å². The van der Waals surface area contributed by atoms with Crippen molar-refractivity contribution in [3.8, 4) is 11.3 Å². The number of H-pyrrole nitrogens is 1. The number of amides is 1. The molecule has 4 rings (SSSR count). The fourth-order valence-corrected chi connectivity index (χ4v) is 2.89. The molecule has 0 unspecified atom stereocenters. The van der Waals surface area contributed by atoms with Crippen LogP contribution < -0.4 is 5.32 Å². The lowest BCUT2D eigenvalue weighted by atomic mass is 9.80. The van der Waals surface area contributed by atoms with Gasteiger partial charge in [-0.25, -0.2) is 0 Å². The van der Waals surface area contributed by atoms with Crippen LogP contribution in [-0.2, 0) is 6.61 Å². The molecule has 0 atom stereocenters. The first-order valence-electron chi connectivity index (χ1n) is 8.07. The maximum absolute atomic E-state index is 12.3. The van der Waals surface area contributed by atoms with Gasteiger partial charge in [-0.2, -0.15) is 5.10 Å². The Labute approximate surface area is 143 Å². The highest BCUT2D eigenvalue weighted by atomic mass is 16.4. The van der Waals surface area contributed by atoms with E-state index in [1.807, 2.05) is 30.3 Å². The Hall–Kier alpha value is -3.00.